The van der Waals surface area contributed by atoms with E-state index in [-0.39, 0.29) is 5.56 Å². The van der Waals surface area contributed by atoms with Crippen LogP contribution < -0.4 is 9.62 Å². The Morgan fingerprint density at radius 2 is 1.72 bits per heavy atom. The third-order valence-electron chi connectivity index (χ3n) is 5.19. The average molecular weight is 451 g/mol. The molecule has 0 atom stereocenters. The Bertz CT molecular complexity index is 1270. The number of amides is 1. The number of para-hydroxylation sites is 1. The van der Waals surface area contributed by atoms with Gasteiger partial charge in [-0.3, -0.25) is 9.10 Å². The topological polar surface area (TPSA) is 92.8 Å². The summed E-state index contributed by atoms with van der Waals surface area (Å²) in [7, 11) is -3.36. The number of sulfonamides is 1. The number of rotatable bonds is 6. The van der Waals surface area contributed by atoms with Gasteiger partial charge in [-0.05, 0) is 41.8 Å². The minimum atomic E-state index is -3.36. The first kappa shape index (κ1) is 21.6. The molecule has 1 aliphatic heterocycles. The first-order chi connectivity index (χ1) is 15.3. The third kappa shape index (κ3) is 4.65. The van der Waals surface area contributed by atoms with Crippen molar-refractivity contribution in [1.29, 1.82) is 0 Å². The minimum Gasteiger partial charge on any atom is -0.452 e. The van der Waals surface area contributed by atoms with Crippen LogP contribution in [0.2, 0.25) is 0 Å². The molecule has 1 aliphatic rings. The summed E-state index contributed by atoms with van der Waals surface area (Å²) >= 11 is 0. The number of hydrogen-bond donors (Lipinski definition) is 1. The van der Waals surface area contributed by atoms with Gasteiger partial charge in [0.2, 0.25) is 10.0 Å². The summed E-state index contributed by atoms with van der Waals surface area (Å²) in [6, 6.07) is 21.8. The molecule has 3 aromatic carbocycles. The van der Waals surface area contributed by atoms with Crippen molar-refractivity contribution in [3.05, 3.63) is 83.9 Å². The van der Waals surface area contributed by atoms with Gasteiger partial charge in [0.25, 0.3) is 5.91 Å². The highest BCUT2D eigenvalue weighted by molar-refractivity contribution is 7.92. The highest BCUT2D eigenvalue weighted by atomic mass is 32.2. The van der Waals surface area contributed by atoms with Crippen molar-refractivity contribution in [2.24, 2.45) is 0 Å². The molecule has 0 aliphatic carbocycles. The monoisotopic (exact) mass is 450 g/mol. The van der Waals surface area contributed by atoms with Gasteiger partial charge < -0.3 is 10.1 Å². The van der Waals surface area contributed by atoms with Crippen LogP contribution in [0.25, 0.3) is 11.1 Å². The second kappa shape index (κ2) is 8.84. The van der Waals surface area contributed by atoms with Crippen molar-refractivity contribution in [1.82, 2.24) is 0 Å². The Morgan fingerprint density at radius 1 is 1.00 bits per heavy atom. The van der Waals surface area contributed by atoms with Crippen molar-refractivity contribution in [3.8, 4) is 11.1 Å². The molecule has 1 heterocycles. The van der Waals surface area contributed by atoms with E-state index in [1.807, 2.05) is 48.5 Å². The number of nitrogens with one attached hydrogen (secondary N) is 1. The second-order valence-corrected chi connectivity index (χ2v) is 9.37. The molecule has 0 bridgehead atoms. The average Bonchev–Trinajstić information content (AvgIpc) is 3.22. The number of ether oxygens (including phenoxy) is 1. The Kier molecular flexibility index (Phi) is 5.96. The highest BCUT2D eigenvalue weighted by Crippen LogP contribution is 2.31. The van der Waals surface area contributed by atoms with Gasteiger partial charge in [-0.25, -0.2) is 13.2 Å². The van der Waals surface area contributed by atoms with Crippen molar-refractivity contribution in [2.45, 2.75) is 6.42 Å². The highest BCUT2D eigenvalue weighted by Gasteiger charge is 2.27. The first-order valence-electron chi connectivity index (χ1n) is 10.0. The number of benzene rings is 3. The van der Waals surface area contributed by atoms with Crippen LogP contribution in [0.5, 0.6) is 0 Å². The molecule has 0 unspecified atom stereocenters. The Morgan fingerprint density at radius 3 is 2.47 bits per heavy atom. The van der Waals surface area contributed by atoms with E-state index in [1.165, 1.54) is 10.4 Å². The number of carbonyl (C=O) groups excluding carboxylic acids is 2. The van der Waals surface area contributed by atoms with E-state index in [1.54, 1.807) is 18.2 Å². The van der Waals surface area contributed by atoms with Gasteiger partial charge in [-0.2, -0.15) is 0 Å². The second-order valence-electron chi connectivity index (χ2n) is 7.46. The normalized spacial score (nSPS) is 12.8. The van der Waals surface area contributed by atoms with Gasteiger partial charge in [0.05, 0.1) is 17.5 Å². The smallest absolute Gasteiger partial charge is 0.338 e. The van der Waals surface area contributed by atoms with Crippen molar-refractivity contribution in [3.63, 3.8) is 0 Å². The van der Waals surface area contributed by atoms with E-state index < -0.39 is 28.5 Å². The molecular formula is C24H22N2O5S. The molecule has 0 saturated carbocycles. The molecule has 1 amide bonds. The van der Waals surface area contributed by atoms with E-state index in [0.29, 0.717) is 24.3 Å². The van der Waals surface area contributed by atoms with Crippen LogP contribution >= 0.6 is 0 Å². The van der Waals surface area contributed by atoms with Gasteiger partial charge in [-0.15, -0.1) is 0 Å². The SMILES string of the molecule is CS(=O)(=O)N1CCc2cc(C(=O)OCC(=O)Nc3ccccc3-c3ccccc3)ccc21. The predicted molar refractivity (Wildman–Crippen MR) is 123 cm³/mol. The molecule has 3 aromatic rings. The Labute approximate surface area is 186 Å². The summed E-state index contributed by atoms with van der Waals surface area (Å²) in [5, 5.41) is 2.79. The van der Waals surface area contributed by atoms with Gasteiger partial charge in [0, 0.05) is 17.8 Å². The number of fused-ring (bicyclic) bond motifs is 1. The molecule has 1 N–H and O–H groups in total. The number of hydrogen-bond acceptors (Lipinski definition) is 5. The van der Waals surface area contributed by atoms with Gasteiger partial charge >= 0.3 is 5.97 Å². The quantitative estimate of drug-likeness (QED) is 0.581. The fourth-order valence-corrected chi connectivity index (χ4v) is 4.66. The number of nitrogens with zero attached hydrogens (tertiary/aromatic N) is 1. The van der Waals surface area contributed by atoms with Crippen LogP contribution in [0.15, 0.2) is 72.8 Å². The molecule has 164 valence electrons. The van der Waals surface area contributed by atoms with Crippen LogP contribution in [0.4, 0.5) is 11.4 Å². The lowest BCUT2D eigenvalue weighted by Crippen LogP contribution is -2.27. The maximum Gasteiger partial charge on any atom is 0.338 e. The van der Waals surface area contributed by atoms with Crippen LogP contribution in [0.1, 0.15) is 15.9 Å². The Hall–Kier alpha value is -3.65. The molecule has 0 aromatic heterocycles. The van der Waals surface area contributed by atoms with Crippen LogP contribution in [0, 0.1) is 0 Å². The summed E-state index contributed by atoms with van der Waals surface area (Å²) in [5.74, 6) is -1.09. The van der Waals surface area contributed by atoms with Gasteiger partial charge in [0.1, 0.15) is 0 Å². The van der Waals surface area contributed by atoms with Crippen molar-refractivity contribution in [2.75, 3.05) is 29.0 Å². The van der Waals surface area contributed by atoms with Gasteiger partial charge in [-0.1, -0.05) is 48.5 Å². The van der Waals surface area contributed by atoms with Crippen LogP contribution in [0.3, 0.4) is 0 Å². The molecule has 0 fully saturated rings. The molecule has 7 nitrogen and oxygen atoms in total. The molecule has 32 heavy (non-hydrogen) atoms. The molecule has 8 heteroatoms. The lowest BCUT2D eigenvalue weighted by atomic mass is 10.0. The first-order valence-corrected chi connectivity index (χ1v) is 11.9. The lowest BCUT2D eigenvalue weighted by molar-refractivity contribution is -0.119. The lowest BCUT2D eigenvalue weighted by Gasteiger charge is -2.16. The molecule has 0 saturated heterocycles. The summed E-state index contributed by atoms with van der Waals surface area (Å²) < 4.78 is 30.2. The zero-order valence-electron chi connectivity index (χ0n) is 17.4. The van der Waals surface area contributed by atoms with E-state index >= 15 is 0 Å². The summed E-state index contributed by atoms with van der Waals surface area (Å²) in [4.78, 5) is 24.8. The van der Waals surface area contributed by atoms with Crippen LogP contribution in [-0.2, 0) is 26.0 Å². The van der Waals surface area contributed by atoms with E-state index in [9.17, 15) is 18.0 Å². The van der Waals surface area contributed by atoms with Crippen LogP contribution in [-0.4, -0.2) is 39.7 Å². The minimum absolute atomic E-state index is 0.275. The molecule has 0 radical (unpaired) electrons. The van der Waals surface area contributed by atoms with Crippen molar-refractivity contribution < 1.29 is 22.7 Å². The largest absolute Gasteiger partial charge is 0.452 e. The fourth-order valence-electron chi connectivity index (χ4n) is 3.71. The summed E-state index contributed by atoms with van der Waals surface area (Å²) in [6.45, 7) is -0.0929. The summed E-state index contributed by atoms with van der Waals surface area (Å²) in [6.07, 6.45) is 1.67. The van der Waals surface area contributed by atoms with Crippen molar-refractivity contribution >= 4 is 33.3 Å². The fraction of sp³-hybridized carbons (Fsp3) is 0.167. The third-order valence-corrected chi connectivity index (χ3v) is 6.37. The Balaban J connectivity index is 1.40. The number of esters is 1. The maximum absolute atomic E-state index is 12.4. The molecule has 4 rings (SSSR count). The standard InChI is InChI=1S/C24H22N2O5S/c1-32(29,30)26-14-13-18-15-19(11-12-22(18)26)24(28)31-16-23(27)25-21-10-6-5-9-20(21)17-7-3-2-4-8-17/h2-12,15H,13-14,16H2,1H3,(H,25,27). The maximum atomic E-state index is 12.4. The zero-order valence-corrected chi connectivity index (χ0v) is 18.3. The molecular weight excluding hydrogens is 428 g/mol. The predicted octanol–water partition coefficient (Wildman–Crippen LogP) is 3.47. The zero-order chi connectivity index (χ0) is 22.7. The molecule has 0 spiro atoms. The number of anilines is 2. The van der Waals surface area contributed by atoms with E-state index in [2.05, 4.69) is 5.32 Å². The summed E-state index contributed by atoms with van der Waals surface area (Å²) in [5.41, 5.74) is 4.05. The van der Waals surface area contributed by atoms with E-state index in [0.717, 1.165) is 22.9 Å². The number of carbonyl (C=O) groups is 2. The van der Waals surface area contributed by atoms with Gasteiger partial charge in [0.15, 0.2) is 6.61 Å². The van der Waals surface area contributed by atoms with E-state index in [4.69, 9.17) is 4.74 Å².